The highest BCUT2D eigenvalue weighted by Gasteiger charge is 2.25. The minimum absolute atomic E-state index is 0.0256. The number of H-pyrrole nitrogens is 1. The highest BCUT2D eigenvalue weighted by atomic mass is 16.5. The number of aromatic amines is 1. The molecule has 6 heteroatoms. The lowest BCUT2D eigenvalue weighted by molar-refractivity contribution is -0.137. The van der Waals surface area contributed by atoms with Gasteiger partial charge in [0.15, 0.2) is 0 Å². The molecule has 0 bridgehead atoms. The molecule has 1 aromatic heterocycles. The first-order valence-electron chi connectivity index (χ1n) is 8.76. The predicted octanol–water partition coefficient (Wildman–Crippen LogP) is 2.96. The summed E-state index contributed by atoms with van der Waals surface area (Å²) in [6.07, 6.45) is 5.80. The number of hydrogen-bond acceptors (Lipinski definition) is 4. The van der Waals surface area contributed by atoms with Gasteiger partial charge in [0, 0.05) is 42.5 Å². The molecule has 6 nitrogen and oxygen atoms in total. The number of nitrogens with one attached hydrogen (secondary N) is 1. The van der Waals surface area contributed by atoms with Gasteiger partial charge in [-0.2, -0.15) is 0 Å². The number of nitrogens with zero attached hydrogens (tertiary/aromatic N) is 1. The zero-order valence-corrected chi connectivity index (χ0v) is 14.5. The molecule has 1 aliphatic rings. The van der Waals surface area contributed by atoms with Crippen LogP contribution >= 0.6 is 0 Å². The lowest BCUT2D eigenvalue weighted by Crippen LogP contribution is -2.23. The second-order valence-electron chi connectivity index (χ2n) is 6.68. The second-order valence-corrected chi connectivity index (χ2v) is 6.68. The van der Waals surface area contributed by atoms with Gasteiger partial charge in [0.2, 0.25) is 0 Å². The molecule has 0 aliphatic heterocycles. The molecule has 134 valence electrons. The summed E-state index contributed by atoms with van der Waals surface area (Å²) in [5.41, 5.74) is 2.08. The van der Waals surface area contributed by atoms with Gasteiger partial charge in [0.1, 0.15) is 5.75 Å². The van der Waals surface area contributed by atoms with Crippen molar-refractivity contribution < 1.29 is 19.4 Å². The quantitative estimate of drug-likeness (QED) is 0.540. The molecule has 1 heterocycles. The van der Waals surface area contributed by atoms with Gasteiger partial charge in [-0.3, -0.25) is 9.59 Å². The molecular formula is C19H24N2O4. The number of hydrogen-bond donors (Lipinski definition) is 2. The van der Waals surface area contributed by atoms with Gasteiger partial charge in [-0.1, -0.05) is 6.07 Å². The van der Waals surface area contributed by atoms with Gasteiger partial charge in [0.05, 0.1) is 0 Å². The zero-order chi connectivity index (χ0) is 17.8. The molecule has 2 N–H and O–H groups in total. The Morgan fingerprint density at radius 1 is 1.32 bits per heavy atom. The van der Waals surface area contributed by atoms with Crippen molar-refractivity contribution in [3.63, 3.8) is 0 Å². The van der Waals surface area contributed by atoms with Crippen molar-refractivity contribution >= 4 is 22.8 Å². The van der Waals surface area contributed by atoms with Gasteiger partial charge in [-0.15, -0.1) is 0 Å². The van der Waals surface area contributed by atoms with E-state index in [1.54, 1.807) is 6.07 Å². The SMILES string of the molecule is CN(CCc1c[nH]c2cccc(OC(=O)CCCC(=O)O)c12)C1CC1. The molecule has 1 aromatic carbocycles. The average Bonchev–Trinajstić information content (AvgIpc) is 3.33. The monoisotopic (exact) mass is 344 g/mol. The number of benzene rings is 1. The van der Waals surface area contributed by atoms with Crippen molar-refractivity contribution in [3.8, 4) is 5.75 Å². The Balaban J connectivity index is 1.68. The summed E-state index contributed by atoms with van der Waals surface area (Å²) >= 11 is 0. The molecule has 3 rings (SSSR count). The Bertz CT molecular complexity index is 764. The number of carboxylic acids is 1. The van der Waals surface area contributed by atoms with Crippen LogP contribution in [0.3, 0.4) is 0 Å². The number of ether oxygens (including phenoxy) is 1. The van der Waals surface area contributed by atoms with E-state index in [0.717, 1.165) is 35.5 Å². The van der Waals surface area contributed by atoms with Crippen LogP contribution in [0.15, 0.2) is 24.4 Å². The molecular weight excluding hydrogens is 320 g/mol. The highest BCUT2D eigenvalue weighted by Crippen LogP contribution is 2.31. The first-order valence-corrected chi connectivity index (χ1v) is 8.76. The Labute approximate surface area is 146 Å². The van der Waals surface area contributed by atoms with Crippen LogP contribution in [0, 0.1) is 0 Å². The molecule has 0 spiro atoms. The molecule has 0 unspecified atom stereocenters. The minimum Gasteiger partial charge on any atom is -0.481 e. The highest BCUT2D eigenvalue weighted by molar-refractivity contribution is 5.91. The van der Waals surface area contributed by atoms with E-state index >= 15 is 0 Å². The van der Waals surface area contributed by atoms with E-state index in [-0.39, 0.29) is 19.3 Å². The molecule has 1 saturated carbocycles. The molecule has 1 aliphatic carbocycles. The van der Waals surface area contributed by atoms with Crippen molar-refractivity contribution in [1.82, 2.24) is 9.88 Å². The largest absolute Gasteiger partial charge is 0.481 e. The van der Waals surface area contributed by atoms with Crippen molar-refractivity contribution in [2.45, 2.75) is 44.6 Å². The van der Waals surface area contributed by atoms with Crippen molar-refractivity contribution in [1.29, 1.82) is 0 Å². The fourth-order valence-corrected chi connectivity index (χ4v) is 3.05. The van der Waals surface area contributed by atoms with E-state index in [2.05, 4.69) is 16.9 Å². The number of aromatic nitrogens is 1. The minimum atomic E-state index is -0.900. The fraction of sp³-hybridized carbons (Fsp3) is 0.474. The first kappa shape index (κ1) is 17.5. The van der Waals surface area contributed by atoms with Crippen molar-refractivity contribution in [2.75, 3.05) is 13.6 Å². The van der Waals surface area contributed by atoms with Crippen LogP contribution < -0.4 is 4.74 Å². The smallest absolute Gasteiger partial charge is 0.311 e. The van der Waals surface area contributed by atoms with Crippen LogP contribution in [0.25, 0.3) is 10.9 Å². The molecule has 0 saturated heterocycles. The van der Waals surface area contributed by atoms with E-state index in [1.807, 2.05) is 18.3 Å². The first-order chi connectivity index (χ1) is 12.0. The number of rotatable bonds is 9. The van der Waals surface area contributed by atoms with Crippen LogP contribution in [0.2, 0.25) is 0 Å². The van der Waals surface area contributed by atoms with E-state index in [0.29, 0.717) is 5.75 Å². The Hall–Kier alpha value is -2.34. The number of carbonyl (C=O) groups excluding carboxylic acids is 1. The summed E-state index contributed by atoms with van der Waals surface area (Å²) in [5.74, 6) is -0.748. The Morgan fingerprint density at radius 3 is 2.84 bits per heavy atom. The van der Waals surface area contributed by atoms with E-state index < -0.39 is 11.9 Å². The maximum absolute atomic E-state index is 12.0. The lowest BCUT2D eigenvalue weighted by Gasteiger charge is -2.15. The van der Waals surface area contributed by atoms with E-state index in [1.165, 1.54) is 12.8 Å². The summed E-state index contributed by atoms with van der Waals surface area (Å²) in [4.78, 5) is 28.2. The molecule has 0 atom stereocenters. The molecule has 1 fully saturated rings. The Morgan fingerprint density at radius 2 is 2.12 bits per heavy atom. The summed E-state index contributed by atoms with van der Waals surface area (Å²) in [7, 11) is 2.15. The molecule has 2 aromatic rings. The van der Waals surface area contributed by atoms with E-state index in [4.69, 9.17) is 9.84 Å². The van der Waals surface area contributed by atoms with E-state index in [9.17, 15) is 9.59 Å². The number of aliphatic carboxylic acids is 1. The molecule has 0 radical (unpaired) electrons. The van der Waals surface area contributed by atoms with Gasteiger partial charge >= 0.3 is 11.9 Å². The lowest BCUT2D eigenvalue weighted by atomic mass is 10.1. The molecule has 0 amide bonds. The number of carboxylic acid groups (broad SMARTS) is 1. The van der Waals surface area contributed by atoms with Crippen molar-refractivity contribution in [2.24, 2.45) is 0 Å². The van der Waals surface area contributed by atoms with Crippen LogP contribution in [-0.4, -0.2) is 46.6 Å². The average molecular weight is 344 g/mol. The predicted molar refractivity (Wildman–Crippen MR) is 94.8 cm³/mol. The van der Waals surface area contributed by atoms with Crippen LogP contribution in [0.4, 0.5) is 0 Å². The summed E-state index contributed by atoms with van der Waals surface area (Å²) in [6, 6.07) is 6.32. The number of likely N-dealkylation sites (N-methyl/N-ethyl adjacent to an activating group) is 1. The standard InChI is InChI=1S/C19H24N2O4/c1-21(14-8-9-14)11-10-13-12-20-15-4-2-5-16(19(13)15)25-18(24)7-3-6-17(22)23/h2,4-5,12,14,20H,3,6-11H2,1H3,(H,22,23). The maximum Gasteiger partial charge on any atom is 0.311 e. The number of fused-ring (bicyclic) bond motifs is 1. The van der Waals surface area contributed by atoms with Gasteiger partial charge in [0.25, 0.3) is 0 Å². The third kappa shape index (κ3) is 4.60. The maximum atomic E-state index is 12.0. The summed E-state index contributed by atoms with van der Waals surface area (Å²) < 4.78 is 5.51. The van der Waals surface area contributed by atoms with Crippen LogP contribution in [-0.2, 0) is 16.0 Å². The van der Waals surface area contributed by atoms with Gasteiger partial charge in [-0.25, -0.2) is 0 Å². The topological polar surface area (TPSA) is 82.6 Å². The third-order valence-electron chi connectivity index (χ3n) is 4.65. The summed E-state index contributed by atoms with van der Waals surface area (Å²) in [5, 5.41) is 9.60. The normalized spacial score (nSPS) is 14.2. The number of esters is 1. The number of carbonyl (C=O) groups is 2. The fourth-order valence-electron chi connectivity index (χ4n) is 3.05. The molecule has 25 heavy (non-hydrogen) atoms. The summed E-state index contributed by atoms with van der Waals surface area (Å²) in [6.45, 7) is 0.971. The van der Waals surface area contributed by atoms with Crippen LogP contribution in [0.5, 0.6) is 5.75 Å². The van der Waals surface area contributed by atoms with Gasteiger partial charge in [-0.05, 0) is 50.4 Å². The second kappa shape index (κ2) is 7.70. The third-order valence-corrected chi connectivity index (χ3v) is 4.65. The zero-order valence-electron chi connectivity index (χ0n) is 14.5. The van der Waals surface area contributed by atoms with Crippen LogP contribution in [0.1, 0.15) is 37.7 Å². The Kier molecular flexibility index (Phi) is 5.38. The van der Waals surface area contributed by atoms with Gasteiger partial charge < -0.3 is 19.7 Å². The van der Waals surface area contributed by atoms with Crippen molar-refractivity contribution in [3.05, 3.63) is 30.0 Å².